The van der Waals surface area contributed by atoms with Crippen molar-refractivity contribution in [3.8, 4) is 0 Å². The van der Waals surface area contributed by atoms with Crippen molar-refractivity contribution in [2.75, 3.05) is 0 Å². The summed E-state index contributed by atoms with van der Waals surface area (Å²) >= 11 is 0. The minimum absolute atomic E-state index is 0.273. The quantitative estimate of drug-likeness (QED) is 0.809. The second-order valence-electron chi connectivity index (χ2n) is 5.89. The van der Waals surface area contributed by atoms with Gasteiger partial charge in [-0.1, -0.05) is 52.0 Å². The molecule has 1 aromatic rings. The van der Waals surface area contributed by atoms with Gasteiger partial charge in [-0.25, -0.2) is 0 Å². The zero-order chi connectivity index (χ0) is 13.7. The third-order valence-corrected chi connectivity index (χ3v) is 3.44. The molecule has 0 saturated heterocycles. The van der Waals surface area contributed by atoms with Crippen molar-refractivity contribution in [1.82, 2.24) is 0 Å². The van der Waals surface area contributed by atoms with E-state index in [2.05, 4.69) is 39.8 Å². The number of benzene rings is 1. The van der Waals surface area contributed by atoms with Crippen LogP contribution in [0.15, 0.2) is 24.3 Å². The lowest BCUT2D eigenvalue weighted by atomic mass is 9.94. The van der Waals surface area contributed by atoms with E-state index < -0.39 is 6.10 Å². The van der Waals surface area contributed by atoms with E-state index in [1.54, 1.807) is 0 Å². The Morgan fingerprint density at radius 1 is 0.944 bits per heavy atom. The van der Waals surface area contributed by atoms with Crippen LogP contribution in [0.4, 0.5) is 0 Å². The molecule has 2 atom stereocenters. The summed E-state index contributed by atoms with van der Waals surface area (Å²) < 4.78 is 0. The first-order valence-electron chi connectivity index (χ1n) is 6.95. The van der Waals surface area contributed by atoms with Gasteiger partial charge in [-0.3, -0.25) is 0 Å². The van der Waals surface area contributed by atoms with Crippen LogP contribution in [-0.4, -0.2) is 11.2 Å². The molecule has 0 aromatic heterocycles. The number of hydrogen-bond acceptors (Lipinski definition) is 2. The van der Waals surface area contributed by atoms with E-state index in [0.29, 0.717) is 11.8 Å². The summed E-state index contributed by atoms with van der Waals surface area (Å²) in [7, 11) is 0. The molecule has 0 radical (unpaired) electrons. The lowest BCUT2D eigenvalue weighted by molar-refractivity contribution is 0.128. The Morgan fingerprint density at radius 3 is 1.89 bits per heavy atom. The summed E-state index contributed by atoms with van der Waals surface area (Å²) in [5.41, 5.74) is 8.43. The summed E-state index contributed by atoms with van der Waals surface area (Å²) in [6.45, 7) is 8.67. The maximum absolute atomic E-state index is 10.1. The predicted octanol–water partition coefficient (Wildman–Crippen LogP) is 3.61. The molecule has 0 aliphatic rings. The van der Waals surface area contributed by atoms with Crippen molar-refractivity contribution >= 4 is 0 Å². The Morgan fingerprint density at radius 2 is 1.44 bits per heavy atom. The molecular formula is C16H27NO. The van der Waals surface area contributed by atoms with E-state index in [1.807, 2.05) is 12.1 Å². The fourth-order valence-corrected chi connectivity index (χ4v) is 2.01. The first-order chi connectivity index (χ1) is 8.41. The summed E-state index contributed by atoms with van der Waals surface area (Å²) in [6, 6.07) is 8.02. The van der Waals surface area contributed by atoms with Crippen LogP contribution >= 0.6 is 0 Å². The highest BCUT2D eigenvalue weighted by Gasteiger charge is 2.17. The normalized spacial score (nSPS) is 15.1. The lowest BCUT2D eigenvalue weighted by Crippen LogP contribution is -2.26. The Kier molecular flexibility index (Phi) is 5.83. The van der Waals surface area contributed by atoms with Gasteiger partial charge in [-0.15, -0.1) is 0 Å². The first-order valence-corrected chi connectivity index (χ1v) is 6.95. The van der Waals surface area contributed by atoms with Crippen LogP contribution in [0.25, 0.3) is 0 Å². The standard InChI is InChI=1S/C16H27NO/c1-11(2)5-10-15(18)16(17)14-8-6-13(7-9-14)12(3)4/h6-9,11-12,15-16,18H,5,10,17H2,1-4H3/t15-,16+/m1/s1. The second-order valence-corrected chi connectivity index (χ2v) is 5.89. The highest BCUT2D eigenvalue weighted by atomic mass is 16.3. The average molecular weight is 249 g/mol. The molecule has 0 heterocycles. The molecule has 0 spiro atoms. The molecule has 18 heavy (non-hydrogen) atoms. The molecule has 102 valence electrons. The van der Waals surface area contributed by atoms with Crippen molar-refractivity contribution < 1.29 is 5.11 Å². The van der Waals surface area contributed by atoms with Gasteiger partial charge in [0, 0.05) is 0 Å². The Hall–Kier alpha value is -0.860. The number of nitrogens with two attached hydrogens (primary N) is 1. The highest BCUT2D eigenvalue weighted by Crippen LogP contribution is 2.22. The largest absolute Gasteiger partial charge is 0.391 e. The molecule has 0 bridgehead atoms. The number of aliphatic hydroxyl groups is 1. The third kappa shape index (κ3) is 4.43. The molecule has 0 fully saturated rings. The van der Waals surface area contributed by atoms with Gasteiger partial charge >= 0.3 is 0 Å². The molecule has 0 amide bonds. The maximum atomic E-state index is 10.1. The monoisotopic (exact) mass is 249 g/mol. The SMILES string of the molecule is CC(C)CC[C@@H](O)[C@@H](N)c1ccc(C(C)C)cc1. The Labute approximate surface area is 111 Å². The topological polar surface area (TPSA) is 46.2 Å². The maximum Gasteiger partial charge on any atom is 0.0732 e. The van der Waals surface area contributed by atoms with Gasteiger partial charge in [0.25, 0.3) is 0 Å². The lowest BCUT2D eigenvalue weighted by Gasteiger charge is -2.20. The fourth-order valence-electron chi connectivity index (χ4n) is 2.01. The summed E-state index contributed by atoms with van der Waals surface area (Å²) in [5.74, 6) is 1.14. The Balaban J connectivity index is 2.62. The zero-order valence-electron chi connectivity index (χ0n) is 12.1. The molecule has 3 N–H and O–H groups in total. The highest BCUT2D eigenvalue weighted by molar-refractivity contribution is 5.27. The van der Waals surface area contributed by atoms with Crippen molar-refractivity contribution in [2.45, 2.75) is 58.6 Å². The molecule has 1 aromatic carbocycles. The minimum Gasteiger partial charge on any atom is -0.391 e. The van der Waals surface area contributed by atoms with Gasteiger partial charge in [0.2, 0.25) is 0 Å². The average Bonchev–Trinajstić information content (AvgIpc) is 2.35. The molecule has 2 nitrogen and oxygen atoms in total. The van der Waals surface area contributed by atoms with Crippen molar-refractivity contribution in [3.05, 3.63) is 35.4 Å². The minimum atomic E-state index is -0.447. The van der Waals surface area contributed by atoms with Gasteiger partial charge < -0.3 is 10.8 Å². The van der Waals surface area contributed by atoms with Crippen molar-refractivity contribution in [2.24, 2.45) is 11.7 Å². The summed E-state index contributed by atoms with van der Waals surface area (Å²) in [5, 5.41) is 10.1. The van der Waals surface area contributed by atoms with Gasteiger partial charge in [0.05, 0.1) is 12.1 Å². The number of rotatable bonds is 6. The van der Waals surface area contributed by atoms with E-state index >= 15 is 0 Å². The van der Waals surface area contributed by atoms with Crippen LogP contribution in [0.5, 0.6) is 0 Å². The number of aliphatic hydroxyl groups excluding tert-OH is 1. The smallest absolute Gasteiger partial charge is 0.0732 e. The molecular weight excluding hydrogens is 222 g/mol. The molecule has 0 unspecified atom stereocenters. The van der Waals surface area contributed by atoms with E-state index in [9.17, 15) is 5.11 Å². The number of hydrogen-bond donors (Lipinski definition) is 2. The van der Waals surface area contributed by atoms with E-state index in [-0.39, 0.29) is 6.04 Å². The summed E-state index contributed by atoms with van der Waals surface area (Å²) in [6.07, 6.45) is 1.33. The van der Waals surface area contributed by atoms with Gasteiger partial charge in [0.1, 0.15) is 0 Å². The van der Waals surface area contributed by atoms with Crippen LogP contribution in [-0.2, 0) is 0 Å². The molecule has 0 aliphatic carbocycles. The third-order valence-electron chi connectivity index (χ3n) is 3.44. The predicted molar refractivity (Wildman–Crippen MR) is 77.5 cm³/mol. The van der Waals surface area contributed by atoms with E-state index in [0.717, 1.165) is 18.4 Å². The van der Waals surface area contributed by atoms with Crippen LogP contribution in [0.3, 0.4) is 0 Å². The van der Waals surface area contributed by atoms with E-state index in [1.165, 1.54) is 5.56 Å². The van der Waals surface area contributed by atoms with Crippen molar-refractivity contribution in [1.29, 1.82) is 0 Å². The van der Waals surface area contributed by atoms with Crippen molar-refractivity contribution in [3.63, 3.8) is 0 Å². The van der Waals surface area contributed by atoms with Crippen LogP contribution < -0.4 is 5.73 Å². The summed E-state index contributed by atoms with van der Waals surface area (Å²) in [4.78, 5) is 0. The van der Waals surface area contributed by atoms with Crippen LogP contribution in [0.2, 0.25) is 0 Å². The van der Waals surface area contributed by atoms with Crippen LogP contribution in [0.1, 0.15) is 63.6 Å². The second kappa shape index (κ2) is 6.91. The van der Waals surface area contributed by atoms with E-state index in [4.69, 9.17) is 5.73 Å². The zero-order valence-corrected chi connectivity index (χ0v) is 12.1. The molecule has 0 aliphatic heterocycles. The van der Waals surface area contributed by atoms with Crippen LogP contribution in [0, 0.1) is 5.92 Å². The van der Waals surface area contributed by atoms with Gasteiger partial charge in [-0.05, 0) is 35.8 Å². The van der Waals surface area contributed by atoms with Gasteiger partial charge in [0.15, 0.2) is 0 Å². The molecule has 1 rings (SSSR count). The van der Waals surface area contributed by atoms with Gasteiger partial charge in [-0.2, -0.15) is 0 Å². The first kappa shape index (κ1) is 15.2. The Bertz CT molecular complexity index is 343. The fraction of sp³-hybridized carbons (Fsp3) is 0.625. The molecule has 0 saturated carbocycles. The molecule has 2 heteroatoms.